The summed E-state index contributed by atoms with van der Waals surface area (Å²) in [6.45, 7) is 4.33. The second kappa shape index (κ2) is 9.10. The van der Waals surface area contributed by atoms with E-state index in [1.165, 1.54) is 6.07 Å². The molecule has 0 aliphatic carbocycles. The van der Waals surface area contributed by atoms with Gasteiger partial charge in [-0.05, 0) is 70.6 Å². The SMILES string of the molecule is CC1(C)OCC(CONC(=O)c2cc3c(Br)cncc3n2Cc2ccc(I)cc2F)O1. The summed E-state index contributed by atoms with van der Waals surface area (Å²) in [4.78, 5) is 22.5. The highest BCUT2D eigenvalue weighted by Crippen LogP contribution is 2.28. The number of benzene rings is 1. The van der Waals surface area contributed by atoms with Gasteiger partial charge in [-0.3, -0.25) is 14.6 Å². The van der Waals surface area contributed by atoms with Gasteiger partial charge in [0.15, 0.2) is 5.79 Å². The lowest BCUT2D eigenvalue weighted by Gasteiger charge is -2.17. The van der Waals surface area contributed by atoms with Gasteiger partial charge in [-0.1, -0.05) is 6.07 Å². The molecule has 31 heavy (non-hydrogen) atoms. The normalized spacial score (nSPS) is 17.9. The van der Waals surface area contributed by atoms with Crippen LogP contribution in [0.4, 0.5) is 4.39 Å². The fourth-order valence-electron chi connectivity index (χ4n) is 3.41. The van der Waals surface area contributed by atoms with Crippen LogP contribution in [0.3, 0.4) is 0 Å². The molecule has 7 nitrogen and oxygen atoms in total. The number of aromatic nitrogens is 2. The Kier molecular flexibility index (Phi) is 6.63. The van der Waals surface area contributed by atoms with E-state index < -0.39 is 11.7 Å². The van der Waals surface area contributed by atoms with E-state index in [0.717, 1.165) is 13.4 Å². The summed E-state index contributed by atoms with van der Waals surface area (Å²) in [5, 5.41) is 0.792. The minimum Gasteiger partial charge on any atom is -0.348 e. The molecule has 1 atom stereocenters. The number of rotatable bonds is 6. The van der Waals surface area contributed by atoms with Crippen molar-refractivity contribution in [1.29, 1.82) is 0 Å². The predicted octanol–water partition coefficient (Wildman–Crippen LogP) is 4.40. The molecule has 1 unspecified atom stereocenters. The Hall–Kier alpha value is -1.60. The van der Waals surface area contributed by atoms with Gasteiger partial charge in [0, 0.05) is 25.2 Å². The van der Waals surface area contributed by atoms with Crippen LogP contribution in [0.15, 0.2) is 41.1 Å². The van der Waals surface area contributed by atoms with E-state index >= 15 is 0 Å². The number of amides is 1. The highest BCUT2D eigenvalue weighted by Gasteiger charge is 2.33. The van der Waals surface area contributed by atoms with Crippen LogP contribution in [0.5, 0.6) is 0 Å². The van der Waals surface area contributed by atoms with Crippen molar-refractivity contribution in [3.05, 3.63) is 61.8 Å². The van der Waals surface area contributed by atoms with Gasteiger partial charge in [-0.2, -0.15) is 0 Å². The molecule has 3 heterocycles. The van der Waals surface area contributed by atoms with Crippen molar-refractivity contribution in [2.24, 2.45) is 0 Å². The van der Waals surface area contributed by atoms with Gasteiger partial charge in [-0.15, -0.1) is 0 Å². The number of carbonyl (C=O) groups excluding carboxylic acids is 1. The third-order valence-electron chi connectivity index (χ3n) is 4.86. The summed E-state index contributed by atoms with van der Waals surface area (Å²) in [6, 6.07) is 6.73. The molecule has 1 aliphatic heterocycles. The quantitative estimate of drug-likeness (QED) is 0.334. The predicted molar refractivity (Wildman–Crippen MR) is 124 cm³/mol. The Morgan fingerprint density at radius 1 is 1.42 bits per heavy atom. The van der Waals surface area contributed by atoms with Crippen LogP contribution in [0.2, 0.25) is 0 Å². The number of nitrogens with one attached hydrogen (secondary N) is 1. The summed E-state index contributed by atoms with van der Waals surface area (Å²) in [5.41, 5.74) is 3.95. The number of fused-ring (bicyclic) bond motifs is 1. The zero-order valence-electron chi connectivity index (χ0n) is 16.8. The lowest BCUT2D eigenvalue weighted by molar-refractivity contribution is -0.147. The van der Waals surface area contributed by atoms with Crippen LogP contribution in [0, 0.1) is 9.39 Å². The maximum atomic E-state index is 14.5. The van der Waals surface area contributed by atoms with Crippen LogP contribution in [-0.2, 0) is 20.9 Å². The third-order valence-corrected chi connectivity index (χ3v) is 6.16. The number of hydrogen-bond acceptors (Lipinski definition) is 5. The minimum absolute atomic E-state index is 0.145. The second-order valence-corrected chi connectivity index (χ2v) is 9.70. The van der Waals surface area contributed by atoms with Gasteiger partial charge in [0.1, 0.15) is 24.2 Å². The van der Waals surface area contributed by atoms with Gasteiger partial charge in [-0.25, -0.2) is 9.87 Å². The molecule has 3 aromatic rings. The second-order valence-electron chi connectivity index (χ2n) is 7.60. The Balaban J connectivity index is 1.57. The molecule has 1 N–H and O–H groups in total. The zero-order valence-corrected chi connectivity index (χ0v) is 20.6. The van der Waals surface area contributed by atoms with Gasteiger partial charge < -0.3 is 14.0 Å². The van der Waals surface area contributed by atoms with Crippen molar-refractivity contribution in [3.8, 4) is 0 Å². The summed E-state index contributed by atoms with van der Waals surface area (Å²) in [5.74, 6) is -1.45. The molecule has 0 radical (unpaired) electrons. The number of hydrogen-bond donors (Lipinski definition) is 1. The maximum absolute atomic E-state index is 14.5. The number of nitrogens with zero attached hydrogens (tertiary/aromatic N) is 2. The highest BCUT2D eigenvalue weighted by atomic mass is 127. The van der Waals surface area contributed by atoms with Crippen LogP contribution in [-0.4, -0.2) is 40.6 Å². The van der Waals surface area contributed by atoms with Crippen molar-refractivity contribution in [2.45, 2.75) is 32.3 Å². The minimum atomic E-state index is -0.665. The molecule has 10 heteroatoms. The number of ether oxygens (including phenoxy) is 2. The number of pyridine rings is 1. The van der Waals surface area contributed by atoms with Crippen molar-refractivity contribution in [3.63, 3.8) is 0 Å². The molecule has 0 saturated carbocycles. The lowest BCUT2D eigenvalue weighted by atomic mass is 10.2. The Bertz CT molecular complexity index is 1140. The lowest BCUT2D eigenvalue weighted by Crippen LogP contribution is -2.31. The molecule has 2 aromatic heterocycles. The molecule has 0 spiro atoms. The molecular formula is C21H20BrFIN3O4. The standard InChI is InChI=1S/C21H20BrFIN3O4/c1-21(2)29-10-14(31-21)11-30-26-20(28)18-6-15-16(22)7-25-8-19(15)27(18)9-12-3-4-13(24)5-17(12)23/h3-8,14H,9-11H2,1-2H3,(H,26,28). The summed E-state index contributed by atoms with van der Waals surface area (Å²) >= 11 is 5.52. The Morgan fingerprint density at radius 3 is 2.94 bits per heavy atom. The fraction of sp³-hybridized carbons (Fsp3) is 0.333. The molecule has 1 aliphatic rings. The molecule has 1 amide bonds. The zero-order chi connectivity index (χ0) is 22.2. The van der Waals surface area contributed by atoms with Crippen LogP contribution < -0.4 is 5.48 Å². The molecule has 164 valence electrons. The third kappa shape index (κ3) is 5.08. The van der Waals surface area contributed by atoms with E-state index in [2.05, 4.69) is 49.0 Å². The van der Waals surface area contributed by atoms with Crippen LogP contribution in [0.25, 0.3) is 10.9 Å². The molecule has 1 aromatic carbocycles. The molecular weight excluding hydrogens is 584 g/mol. The smallest absolute Gasteiger partial charge is 0.291 e. The molecule has 0 bridgehead atoms. The van der Waals surface area contributed by atoms with E-state index in [9.17, 15) is 9.18 Å². The van der Waals surface area contributed by atoms with Crippen molar-refractivity contribution in [2.75, 3.05) is 13.2 Å². The molecule has 1 fully saturated rings. The van der Waals surface area contributed by atoms with E-state index in [4.69, 9.17) is 14.3 Å². The van der Waals surface area contributed by atoms with Gasteiger partial charge in [0.2, 0.25) is 0 Å². The van der Waals surface area contributed by atoms with E-state index in [1.807, 2.05) is 19.9 Å². The number of halogens is 3. The van der Waals surface area contributed by atoms with Gasteiger partial charge in [0.05, 0.1) is 24.9 Å². The van der Waals surface area contributed by atoms with E-state index in [1.54, 1.807) is 29.1 Å². The monoisotopic (exact) mass is 603 g/mol. The van der Waals surface area contributed by atoms with Gasteiger partial charge in [0.25, 0.3) is 5.91 Å². The largest absolute Gasteiger partial charge is 0.348 e. The van der Waals surface area contributed by atoms with Crippen molar-refractivity contribution in [1.82, 2.24) is 15.0 Å². The van der Waals surface area contributed by atoms with E-state index in [0.29, 0.717) is 23.4 Å². The van der Waals surface area contributed by atoms with E-state index in [-0.39, 0.29) is 25.1 Å². The van der Waals surface area contributed by atoms with Crippen molar-refractivity contribution >= 4 is 55.3 Å². The summed E-state index contributed by atoms with van der Waals surface area (Å²) in [7, 11) is 0. The Morgan fingerprint density at radius 2 is 2.23 bits per heavy atom. The number of hydroxylamine groups is 1. The summed E-state index contributed by atoms with van der Waals surface area (Å²) < 4.78 is 28.9. The maximum Gasteiger partial charge on any atom is 0.291 e. The Labute approximate surface area is 200 Å². The highest BCUT2D eigenvalue weighted by molar-refractivity contribution is 14.1. The number of carbonyl (C=O) groups is 1. The first-order valence-electron chi connectivity index (χ1n) is 9.54. The first-order valence-corrected chi connectivity index (χ1v) is 11.4. The molecule has 4 rings (SSSR count). The average Bonchev–Trinajstić information content (AvgIpc) is 3.25. The van der Waals surface area contributed by atoms with Crippen molar-refractivity contribution < 1.29 is 23.5 Å². The van der Waals surface area contributed by atoms with Crippen LogP contribution >= 0.6 is 38.5 Å². The van der Waals surface area contributed by atoms with Gasteiger partial charge >= 0.3 is 0 Å². The molecule has 1 saturated heterocycles. The average molecular weight is 604 g/mol. The van der Waals surface area contributed by atoms with Crippen LogP contribution in [0.1, 0.15) is 29.9 Å². The first kappa shape index (κ1) is 22.6. The topological polar surface area (TPSA) is 74.6 Å². The first-order chi connectivity index (χ1) is 14.7. The summed E-state index contributed by atoms with van der Waals surface area (Å²) in [6.07, 6.45) is 3.02. The fourth-order valence-corrected chi connectivity index (χ4v) is 4.30.